The van der Waals surface area contributed by atoms with Gasteiger partial charge >= 0.3 is 0 Å². The molecule has 0 atom stereocenters. The van der Waals surface area contributed by atoms with Crippen LogP contribution in [0.1, 0.15) is 11.1 Å². The van der Waals surface area contributed by atoms with E-state index in [-0.39, 0.29) is 0 Å². The average Bonchev–Trinajstić information content (AvgIpc) is 2.62. The summed E-state index contributed by atoms with van der Waals surface area (Å²) >= 11 is 16.6. The van der Waals surface area contributed by atoms with Gasteiger partial charge in [0.2, 0.25) is 0 Å². The summed E-state index contributed by atoms with van der Waals surface area (Å²) in [6.45, 7) is 1.84. The van der Waals surface area contributed by atoms with Crippen LogP contribution >= 0.6 is 34.8 Å². The molecule has 132 valence electrons. The molecule has 0 saturated heterocycles. The summed E-state index contributed by atoms with van der Waals surface area (Å²) in [5.74, 6) is 0.652. The Bertz CT molecular complexity index is 942. The van der Waals surface area contributed by atoms with Gasteiger partial charge in [0, 0.05) is 23.3 Å². The molecule has 0 aliphatic rings. The Labute approximate surface area is 165 Å². The lowest BCUT2D eigenvalue weighted by atomic mass is 10.0. The zero-order chi connectivity index (χ0) is 19.1. The van der Waals surface area contributed by atoms with Crippen molar-refractivity contribution in [3.63, 3.8) is 0 Å². The maximum Gasteiger partial charge on any atom is 0.133 e. The molecule has 2 heterocycles. The van der Waals surface area contributed by atoms with Crippen molar-refractivity contribution in [2.24, 2.45) is 0 Å². The molecule has 0 N–H and O–H groups in total. The van der Waals surface area contributed by atoms with Crippen molar-refractivity contribution in [3.05, 3.63) is 63.5 Å². The highest BCUT2D eigenvalue weighted by Gasteiger charge is 2.10. The highest BCUT2D eigenvalue weighted by Crippen LogP contribution is 2.29. The van der Waals surface area contributed by atoms with Crippen molar-refractivity contribution in [1.82, 2.24) is 19.9 Å². The molecule has 0 saturated carbocycles. The van der Waals surface area contributed by atoms with E-state index in [2.05, 4.69) is 26.0 Å². The van der Waals surface area contributed by atoms with Crippen LogP contribution in [0.4, 0.5) is 0 Å². The van der Waals surface area contributed by atoms with E-state index < -0.39 is 0 Å². The van der Waals surface area contributed by atoms with Crippen LogP contribution in [0.2, 0.25) is 15.5 Å². The van der Waals surface area contributed by atoms with E-state index in [9.17, 15) is 0 Å². The van der Waals surface area contributed by atoms with E-state index in [1.807, 2.05) is 13.0 Å². The normalized spacial score (nSPS) is 9.69. The monoisotopic (exact) mass is 407 g/mol. The Hall–Kier alpha value is -2.46. The predicted octanol–water partition coefficient (Wildman–Crippen LogP) is 4.77. The maximum atomic E-state index is 9.10. The topological polar surface area (TPSA) is 84.6 Å². The Kier molecular flexibility index (Phi) is 7.10. The fourth-order valence-corrected chi connectivity index (χ4v) is 2.46. The minimum absolute atomic E-state index is 0.359. The Morgan fingerprint density at radius 2 is 1.46 bits per heavy atom. The van der Waals surface area contributed by atoms with Crippen molar-refractivity contribution < 1.29 is 4.74 Å². The summed E-state index contributed by atoms with van der Waals surface area (Å²) in [6.07, 6.45) is 2.70. The summed E-state index contributed by atoms with van der Waals surface area (Å²) in [5.41, 5.74) is 2.80. The molecular formula is C17H12Cl3N5O. The molecule has 6 nitrogen and oxygen atoms in total. The van der Waals surface area contributed by atoms with Crippen LogP contribution in [0.3, 0.4) is 0 Å². The van der Waals surface area contributed by atoms with Crippen LogP contribution in [-0.2, 0) is 0 Å². The van der Waals surface area contributed by atoms with Gasteiger partial charge in [-0.3, -0.25) is 0 Å². The van der Waals surface area contributed by atoms with Gasteiger partial charge in [0.15, 0.2) is 0 Å². The molecular weight excluding hydrogens is 397 g/mol. The second-order valence-electron chi connectivity index (χ2n) is 4.85. The molecule has 0 aliphatic heterocycles. The van der Waals surface area contributed by atoms with Crippen molar-refractivity contribution >= 4 is 34.8 Å². The zero-order valence-electron chi connectivity index (χ0n) is 13.7. The molecule has 0 spiro atoms. The number of nitriles is 1. The molecule has 0 amide bonds. The lowest BCUT2D eigenvalue weighted by Gasteiger charge is -2.09. The van der Waals surface area contributed by atoms with Crippen LogP contribution in [-0.4, -0.2) is 27.0 Å². The first-order valence-corrected chi connectivity index (χ1v) is 8.27. The standard InChI is InChI=1S/C13H10ClN3O.C4H2Cl2N2/c1-8-10(6-15)3-9(4-12(8)18-2)11-5-13(14)17-7-16-11;5-3-1-4(6)8-2-7-3/h3-5,7H,1-2H3;1-2H. The quantitative estimate of drug-likeness (QED) is 0.568. The molecule has 3 aromatic rings. The number of rotatable bonds is 2. The summed E-state index contributed by atoms with van der Waals surface area (Å²) in [7, 11) is 1.57. The number of ether oxygens (including phenoxy) is 1. The van der Waals surface area contributed by atoms with Gasteiger partial charge in [-0.1, -0.05) is 34.8 Å². The first-order chi connectivity index (χ1) is 12.4. The van der Waals surface area contributed by atoms with Crippen LogP contribution in [0, 0.1) is 18.3 Å². The number of methoxy groups -OCH3 is 1. The molecule has 0 bridgehead atoms. The number of benzene rings is 1. The van der Waals surface area contributed by atoms with E-state index in [1.54, 1.807) is 19.2 Å². The Morgan fingerprint density at radius 3 is 1.92 bits per heavy atom. The van der Waals surface area contributed by atoms with Gasteiger partial charge in [0.25, 0.3) is 0 Å². The third-order valence-corrected chi connectivity index (χ3v) is 3.85. The molecule has 0 aliphatic carbocycles. The number of nitrogens with zero attached hydrogens (tertiary/aromatic N) is 5. The van der Waals surface area contributed by atoms with E-state index in [4.69, 9.17) is 44.8 Å². The Morgan fingerprint density at radius 1 is 0.885 bits per heavy atom. The van der Waals surface area contributed by atoms with Crippen LogP contribution < -0.4 is 4.74 Å². The summed E-state index contributed by atoms with van der Waals surface area (Å²) in [5, 5.41) is 10.2. The van der Waals surface area contributed by atoms with Crippen molar-refractivity contribution in [1.29, 1.82) is 5.26 Å². The molecule has 26 heavy (non-hydrogen) atoms. The van der Waals surface area contributed by atoms with Crippen LogP contribution in [0.25, 0.3) is 11.3 Å². The number of hydrogen-bond donors (Lipinski definition) is 0. The van der Waals surface area contributed by atoms with Crippen molar-refractivity contribution in [2.75, 3.05) is 7.11 Å². The molecule has 2 aromatic heterocycles. The van der Waals surface area contributed by atoms with E-state index in [1.165, 1.54) is 18.7 Å². The molecule has 3 rings (SSSR count). The van der Waals surface area contributed by atoms with Crippen LogP contribution in [0.15, 0.2) is 36.9 Å². The minimum atomic E-state index is 0.359. The summed E-state index contributed by atoms with van der Waals surface area (Å²) in [4.78, 5) is 15.2. The smallest absolute Gasteiger partial charge is 0.133 e. The molecule has 1 aromatic carbocycles. The lowest BCUT2D eigenvalue weighted by molar-refractivity contribution is 0.411. The summed E-state index contributed by atoms with van der Waals surface area (Å²) in [6, 6.07) is 8.85. The third kappa shape index (κ3) is 5.27. The molecule has 9 heteroatoms. The number of halogens is 3. The van der Waals surface area contributed by atoms with Gasteiger partial charge in [-0.2, -0.15) is 5.26 Å². The van der Waals surface area contributed by atoms with Crippen molar-refractivity contribution in [3.8, 4) is 23.1 Å². The minimum Gasteiger partial charge on any atom is -0.496 e. The SMILES string of the molecule is COc1cc(-c2cc(Cl)ncn2)cc(C#N)c1C.Clc1cc(Cl)ncn1. The molecule has 0 unspecified atom stereocenters. The number of aromatic nitrogens is 4. The first kappa shape index (κ1) is 19.9. The fourth-order valence-electron chi connectivity index (χ4n) is 1.97. The van der Waals surface area contributed by atoms with Crippen LogP contribution in [0.5, 0.6) is 5.75 Å². The van der Waals surface area contributed by atoms with Gasteiger partial charge in [0.1, 0.15) is 33.9 Å². The largest absolute Gasteiger partial charge is 0.496 e. The van der Waals surface area contributed by atoms with Gasteiger partial charge < -0.3 is 4.74 Å². The molecule has 0 radical (unpaired) electrons. The zero-order valence-corrected chi connectivity index (χ0v) is 16.0. The fraction of sp³-hybridized carbons (Fsp3) is 0.118. The van der Waals surface area contributed by atoms with Gasteiger partial charge in [0.05, 0.1) is 24.4 Å². The first-order valence-electron chi connectivity index (χ1n) is 7.14. The molecule has 0 fully saturated rings. The highest BCUT2D eigenvalue weighted by molar-refractivity contribution is 6.33. The van der Waals surface area contributed by atoms with E-state index in [0.717, 1.165) is 11.1 Å². The lowest BCUT2D eigenvalue weighted by Crippen LogP contribution is -1.94. The third-order valence-electron chi connectivity index (χ3n) is 3.23. The average molecular weight is 409 g/mol. The van der Waals surface area contributed by atoms with Crippen molar-refractivity contribution in [2.45, 2.75) is 6.92 Å². The second-order valence-corrected chi connectivity index (χ2v) is 6.01. The van der Waals surface area contributed by atoms with Gasteiger partial charge in [-0.25, -0.2) is 19.9 Å². The Balaban J connectivity index is 0.000000254. The second kappa shape index (κ2) is 9.30. The van der Waals surface area contributed by atoms with Gasteiger partial charge in [-0.05, 0) is 19.1 Å². The highest BCUT2D eigenvalue weighted by atomic mass is 35.5. The van der Waals surface area contributed by atoms with Gasteiger partial charge in [-0.15, -0.1) is 0 Å². The predicted molar refractivity (Wildman–Crippen MR) is 101 cm³/mol. The van der Waals surface area contributed by atoms with E-state index in [0.29, 0.717) is 32.5 Å². The summed E-state index contributed by atoms with van der Waals surface area (Å²) < 4.78 is 5.25. The number of hydrogen-bond acceptors (Lipinski definition) is 6. The maximum absolute atomic E-state index is 9.10. The van der Waals surface area contributed by atoms with E-state index >= 15 is 0 Å².